The zero-order chi connectivity index (χ0) is 17.6. The van der Waals surface area contributed by atoms with E-state index in [9.17, 15) is 9.59 Å². The summed E-state index contributed by atoms with van der Waals surface area (Å²) >= 11 is 0. The number of ether oxygens (including phenoxy) is 1. The maximum atomic E-state index is 12.7. The fourth-order valence-electron chi connectivity index (χ4n) is 3.58. The van der Waals surface area contributed by atoms with Gasteiger partial charge in [-0.05, 0) is 5.56 Å². The molecule has 0 spiro atoms. The molecule has 1 aromatic carbocycles. The molecule has 0 saturated carbocycles. The number of rotatable bonds is 4. The minimum atomic E-state index is -0.0558. The summed E-state index contributed by atoms with van der Waals surface area (Å²) in [7, 11) is 0. The molecule has 0 bridgehead atoms. The monoisotopic (exact) mass is 345 g/mol. The lowest BCUT2D eigenvalue weighted by molar-refractivity contribution is -0.142. The molecule has 2 amide bonds. The van der Waals surface area contributed by atoms with Gasteiger partial charge in [0, 0.05) is 52.6 Å². The van der Waals surface area contributed by atoms with Gasteiger partial charge in [0.15, 0.2) is 0 Å². The Balaban J connectivity index is 1.61. The predicted molar refractivity (Wildman–Crippen MR) is 95.0 cm³/mol. The minimum absolute atomic E-state index is 0.0558. The number of benzene rings is 1. The SMILES string of the molecule is CC(=O)N1CCN(C(=O)CCN2CCOCC2)CC1c1ccccc1. The standard InChI is InChI=1S/C19H27N3O3/c1-16(23)22-10-9-21(15-18(22)17-5-3-2-4-6-17)19(24)7-8-20-11-13-25-14-12-20/h2-6,18H,7-15H2,1H3. The molecule has 6 nitrogen and oxygen atoms in total. The first-order chi connectivity index (χ1) is 12.1. The van der Waals surface area contributed by atoms with Gasteiger partial charge < -0.3 is 14.5 Å². The molecule has 25 heavy (non-hydrogen) atoms. The smallest absolute Gasteiger partial charge is 0.224 e. The Morgan fingerprint density at radius 1 is 1.08 bits per heavy atom. The quantitative estimate of drug-likeness (QED) is 0.821. The topological polar surface area (TPSA) is 53.1 Å². The summed E-state index contributed by atoms with van der Waals surface area (Å²) in [5, 5.41) is 0. The molecule has 3 rings (SSSR count). The molecular formula is C19H27N3O3. The van der Waals surface area contributed by atoms with E-state index < -0.39 is 0 Å². The van der Waals surface area contributed by atoms with E-state index in [0.29, 0.717) is 26.1 Å². The number of morpholine rings is 1. The molecule has 2 fully saturated rings. The van der Waals surface area contributed by atoms with Gasteiger partial charge in [0.2, 0.25) is 11.8 Å². The molecule has 1 unspecified atom stereocenters. The van der Waals surface area contributed by atoms with Gasteiger partial charge in [0.25, 0.3) is 0 Å². The van der Waals surface area contributed by atoms with Crippen molar-refractivity contribution in [2.24, 2.45) is 0 Å². The number of nitrogens with zero attached hydrogens (tertiary/aromatic N) is 3. The summed E-state index contributed by atoms with van der Waals surface area (Å²) in [6.07, 6.45) is 0.529. The molecule has 2 aliphatic heterocycles. The molecule has 1 atom stereocenters. The summed E-state index contributed by atoms with van der Waals surface area (Å²) < 4.78 is 5.35. The van der Waals surface area contributed by atoms with Crippen LogP contribution in [0.3, 0.4) is 0 Å². The van der Waals surface area contributed by atoms with Crippen molar-refractivity contribution in [1.29, 1.82) is 0 Å². The fraction of sp³-hybridized carbons (Fsp3) is 0.579. The Bertz CT molecular complexity index is 587. The van der Waals surface area contributed by atoms with E-state index in [1.54, 1.807) is 6.92 Å². The number of carbonyl (C=O) groups is 2. The third-order valence-electron chi connectivity index (χ3n) is 5.07. The largest absolute Gasteiger partial charge is 0.379 e. The van der Waals surface area contributed by atoms with Crippen LogP contribution < -0.4 is 0 Å². The molecule has 2 saturated heterocycles. The third-order valence-corrected chi connectivity index (χ3v) is 5.07. The lowest BCUT2D eigenvalue weighted by Gasteiger charge is -2.41. The van der Waals surface area contributed by atoms with Crippen LogP contribution in [-0.2, 0) is 14.3 Å². The number of amides is 2. The molecular weight excluding hydrogens is 318 g/mol. The van der Waals surface area contributed by atoms with E-state index in [1.807, 2.05) is 40.1 Å². The van der Waals surface area contributed by atoms with E-state index in [2.05, 4.69) is 4.90 Å². The predicted octanol–water partition coefficient (Wildman–Crippen LogP) is 1.14. The molecule has 0 radical (unpaired) electrons. The van der Waals surface area contributed by atoms with Crippen molar-refractivity contribution >= 4 is 11.8 Å². The van der Waals surface area contributed by atoms with Crippen molar-refractivity contribution in [3.8, 4) is 0 Å². The van der Waals surface area contributed by atoms with Crippen LogP contribution in [-0.4, -0.2) is 79.0 Å². The first kappa shape index (κ1) is 17.9. The lowest BCUT2D eigenvalue weighted by Crippen LogP contribution is -2.52. The highest BCUT2D eigenvalue weighted by atomic mass is 16.5. The second-order valence-corrected chi connectivity index (χ2v) is 6.68. The van der Waals surface area contributed by atoms with Gasteiger partial charge in [-0.25, -0.2) is 0 Å². The molecule has 136 valence electrons. The zero-order valence-corrected chi connectivity index (χ0v) is 14.9. The number of hydrogen-bond acceptors (Lipinski definition) is 4. The Hall–Kier alpha value is -1.92. The average Bonchev–Trinajstić information content (AvgIpc) is 2.67. The number of piperazine rings is 1. The third kappa shape index (κ3) is 4.58. The molecule has 0 N–H and O–H groups in total. The fourth-order valence-corrected chi connectivity index (χ4v) is 3.58. The minimum Gasteiger partial charge on any atom is -0.379 e. The van der Waals surface area contributed by atoms with Gasteiger partial charge in [-0.2, -0.15) is 0 Å². The van der Waals surface area contributed by atoms with Crippen molar-refractivity contribution in [2.45, 2.75) is 19.4 Å². The Labute approximate surface area is 149 Å². The van der Waals surface area contributed by atoms with Crippen molar-refractivity contribution in [3.63, 3.8) is 0 Å². The van der Waals surface area contributed by atoms with Crippen molar-refractivity contribution in [2.75, 3.05) is 52.5 Å². The molecule has 0 aliphatic carbocycles. The summed E-state index contributed by atoms with van der Waals surface area (Å²) in [5.41, 5.74) is 1.09. The Morgan fingerprint density at radius 3 is 2.48 bits per heavy atom. The van der Waals surface area contributed by atoms with Gasteiger partial charge in [-0.1, -0.05) is 30.3 Å². The van der Waals surface area contributed by atoms with E-state index in [4.69, 9.17) is 4.74 Å². The van der Waals surface area contributed by atoms with E-state index in [1.165, 1.54) is 0 Å². The van der Waals surface area contributed by atoms with Crippen LogP contribution in [0, 0.1) is 0 Å². The highest BCUT2D eigenvalue weighted by molar-refractivity contribution is 5.78. The van der Waals surface area contributed by atoms with E-state index >= 15 is 0 Å². The second-order valence-electron chi connectivity index (χ2n) is 6.68. The highest BCUT2D eigenvalue weighted by Crippen LogP contribution is 2.25. The van der Waals surface area contributed by atoms with Crippen LogP contribution in [0.25, 0.3) is 0 Å². The maximum Gasteiger partial charge on any atom is 0.224 e. The summed E-state index contributed by atoms with van der Waals surface area (Å²) in [5.74, 6) is 0.241. The first-order valence-electron chi connectivity index (χ1n) is 9.05. The number of carbonyl (C=O) groups excluding carboxylic acids is 2. The van der Waals surface area contributed by atoms with Gasteiger partial charge in [0.05, 0.1) is 19.3 Å². The summed E-state index contributed by atoms with van der Waals surface area (Å²) in [4.78, 5) is 30.7. The van der Waals surface area contributed by atoms with Crippen LogP contribution in [0.1, 0.15) is 24.9 Å². The average molecular weight is 345 g/mol. The van der Waals surface area contributed by atoms with Crippen LogP contribution in [0.5, 0.6) is 0 Å². The van der Waals surface area contributed by atoms with Crippen molar-refractivity contribution in [1.82, 2.24) is 14.7 Å². The lowest BCUT2D eigenvalue weighted by atomic mass is 10.0. The van der Waals surface area contributed by atoms with Crippen LogP contribution in [0.4, 0.5) is 0 Å². The molecule has 1 aromatic rings. The highest BCUT2D eigenvalue weighted by Gasteiger charge is 2.31. The van der Waals surface area contributed by atoms with Gasteiger partial charge in [-0.15, -0.1) is 0 Å². The van der Waals surface area contributed by atoms with E-state index in [-0.39, 0.29) is 17.9 Å². The Kier molecular flexibility index (Phi) is 6.04. The zero-order valence-electron chi connectivity index (χ0n) is 14.9. The molecule has 2 aliphatic rings. The van der Waals surface area contributed by atoms with Crippen LogP contribution in [0.15, 0.2) is 30.3 Å². The maximum absolute atomic E-state index is 12.7. The Morgan fingerprint density at radius 2 is 1.80 bits per heavy atom. The molecule has 6 heteroatoms. The van der Waals surface area contributed by atoms with Gasteiger partial charge in [0.1, 0.15) is 0 Å². The second kappa shape index (κ2) is 8.45. The molecule has 0 aromatic heterocycles. The van der Waals surface area contributed by atoms with Gasteiger partial charge >= 0.3 is 0 Å². The summed E-state index contributed by atoms with van der Waals surface area (Å²) in [6.45, 7) is 7.48. The molecule has 2 heterocycles. The van der Waals surface area contributed by atoms with Crippen LogP contribution >= 0.6 is 0 Å². The number of hydrogen-bond donors (Lipinski definition) is 0. The van der Waals surface area contributed by atoms with E-state index in [0.717, 1.165) is 38.4 Å². The first-order valence-corrected chi connectivity index (χ1v) is 9.05. The van der Waals surface area contributed by atoms with Crippen LogP contribution in [0.2, 0.25) is 0 Å². The van der Waals surface area contributed by atoms with Crippen molar-refractivity contribution < 1.29 is 14.3 Å². The summed E-state index contributed by atoms with van der Waals surface area (Å²) in [6, 6.07) is 9.93. The van der Waals surface area contributed by atoms with Gasteiger partial charge in [-0.3, -0.25) is 14.5 Å². The van der Waals surface area contributed by atoms with Crippen molar-refractivity contribution in [3.05, 3.63) is 35.9 Å². The normalized spacial score (nSPS) is 22.0.